The van der Waals surface area contributed by atoms with E-state index < -0.39 is 0 Å². The highest BCUT2D eigenvalue weighted by Crippen LogP contribution is 2.08. The van der Waals surface area contributed by atoms with Gasteiger partial charge in [-0.2, -0.15) is 0 Å². The van der Waals surface area contributed by atoms with Gasteiger partial charge in [0.25, 0.3) is 0 Å². The van der Waals surface area contributed by atoms with Crippen molar-refractivity contribution in [2.24, 2.45) is 5.73 Å². The molecule has 0 aliphatic carbocycles. The van der Waals surface area contributed by atoms with E-state index in [-0.39, 0.29) is 5.91 Å². The maximum atomic E-state index is 10.5. The number of amides is 1. The lowest BCUT2D eigenvalue weighted by molar-refractivity contribution is -0.118. The van der Waals surface area contributed by atoms with Crippen molar-refractivity contribution in [2.45, 2.75) is 84.0 Å². The van der Waals surface area contributed by atoms with E-state index in [1.165, 1.54) is 51.4 Å². The molecule has 0 saturated carbocycles. The van der Waals surface area contributed by atoms with E-state index in [0.717, 1.165) is 19.3 Å². The molecule has 0 heterocycles. The maximum absolute atomic E-state index is 10.5. The van der Waals surface area contributed by atoms with E-state index in [9.17, 15) is 4.79 Å². The number of hydrogen-bond acceptors (Lipinski definition) is 1. The van der Waals surface area contributed by atoms with Gasteiger partial charge in [-0.05, 0) is 32.1 Å². The summed E-state index contributed by atoms with van der Waals surface area (Å²) >= 11 is 0. The van der Waals surface area contributed by atoms with Gasteiger partial charge in [0.2, 0.25) is 5.91 Å². The van der Waals surface area contributed by atoms with Crippen LogP contribution >= 0.6 is 0 Å². The predicted octanol–water partition coefficient (Wildman–Crippen LogP) is 4.73. The van der Waals surface area contributed by atoms with Crippen molar-refractivity contribution in [3.05, 3.63) is 12.2 Å². The summed E-state index contributed by atoms with van der Waals surface area (Å²) in [6.07, 6.45) is 19.0. The zero-order chi connectivity index (χ0) is 13.5. The van der Waals surface area contributed by atoms with Gasteiger partial charge in [0.1, 0.15) is 0 Å². The van der Waals surface area contributed by atoms with Gasteiger partial charge >= 0.3 is 0 Å². The van der Waals surface area contributed by atoms with E-state index in [0.29, 0.717) is 6.42 Å². The monoisotopic (exact) mass is 253 g/mol. The second kappa shape index (κ2) is 14.3. The van der Waals surface area contributed by atoms with Crippen LogP contribution in [-0.4, -0.2) is 5.91 Å². The van der Waals surface area contributed by atoms with Crippen LogP contribution in [0.4, 0.5) is 0 Å². The number of hydrogen-bond donors (Lipinski definition) is 1. The van der Waals surface area contributed by atoms with Crippen molar-refractivity contribution in [2.75, 3.05) is 0 Å². The summed E-state index contributed by atoms with van der Waals surface area (Å²) in [7, 11) is 0. The molecule has 0 aliphatic rings. The maximum Gasteiger partial charge on any atom is 0.217 e. The molecule has 18 heavy (non-hydrogen) atoms. The Labute approximate surface area is 113 Å². The Morgan fingerprint density at radius 1 is 0.833 bits per heavy atom. The summed E-state index contributed by atoms with van der Waals surface area (Å²) in [5.74, 6) is -0.173. The van der Waals surface area contributed by atoms with E-state index in [2.05, 4.69) is 19.1 Å². The third-order valence-electron chi connectivity index (χ3n) is 3.18. The minimum Gasteiger partial charge on any atom is -0.370 e. The third-order valence-corrected chi connectivity index (χ3v) is 3.18. The second-order valence-electron chi connectivity index (χ2n) is 5.09. The number of carbonyl (C=O) groups is 1. The number of rotatable bonds is 13. The molecular formula is C16H31NO. The topological polar surface area (TPSA) is 43.1 Å². The molecule has 0 fully saturated rings. The molecule has 1 amide bonds. The fourth-order valence-corrected chi connectivity index (χ4v) is 2.02. The van der Waals surface area contributed by atoms with E-state index in [1.54, 1.807) is 0 Å². The normalized spacial score (nSPS) is 11.2. The van der Waals surface area contributed by atoms with Gasteiger partial charge in [-0.15, -0.1) is 0 Å². The first-order valence-electron chi connectivity index (χ1n) is 7.70. The lowest BCUT2D eigenvalue weighted by Gasteiger charge is -1.98. The van der Waals surface area contributed by atoms with Crippen LogP contribution in [0.3, 0.4) is 0 Å². The fourth-order valence-electron chi connectivity index (χ4n) is 2.02. The molecular weight excluding hydrogens is 222 g/mol. The molecule has 0 bridgehead atoms. The average Bonchev–Trinajstić information content (AvgIpc) is 2.34. The third kappa shape index (κ3) is 15.2. The Morgan fingerprint density at radius 2 is 1.33 bits per heavy atom. The van der Waals surface area contributed by atoms with Crippen molar-refractivity contribution in [3.63, 3.8) is 0 Å². The summed E-state index contributed by atoms with van der Waals surface area (Å²) in [6.45, 7) is 2.26. The Morgan fingerprint density at radius 3 is 1.89 bits per heavy atom. The van der Waals surface area contributed by atoms with Crippen LogP contribution in [0, 0.1) is 0 Å². The van der Waals surface area contributed by atoms with Gasteiger partial charge in [-0.1, -0.05) is 57.6 Å². The first-order valence-corrected chi connectivity index (χ1v) is 7.70. The smallest absolute Gasteiger partial charge is 0.217 e. The second-order valence-corrected chi connectivity index (χ2v) is 5.09. The largest absolute Gasteiger partial charge is 0.370 e. The minimum atomic E-state index is -0.173. The summed E-state index contributed by atoms with van der Waals surface area (Å²) in [5, 5.41) is 0. The number of carbonyl (C=O) groups excluding carboxylic acids is 1. The van der Waals surface area contributed by atoms with Gasteiger partial charge in [0.15, 0.2) is 0 Å². The summed E-state index contributed by atoms with van der Waals surface area (Å²) in [6, 6.07) is 0. The molecule has 0 aromatic heterocycles. The molecule has 0 spiro atoms. The zero-order valence-electron chi connectivity index (χ0n) is 12.1. The van der Waals surface area contributed by atoms with Crippen molar-refractivity contribution in [3.8, 4) is 0 Å². The first-order chi connectivity index (χ1) is 8.77. The van der Waals surface area contributed by atoms with Crippen molar-refractivity contribution in [1.82, 2.24) is 0 Å². The Kier molecular flexibility index (Phi) is 13.6. The van der Waals surface area contributed by atoms with Crippen molar-refractivity contribution in [1.29, 1.82) is 0 Å². The highest BCUT2D eigenvalue weighted by Gasteiger charge is 1.93. The van der Waals surface area contributed by atoms with Gasteiger partial charge in [0.05, 0.1) is 0 Å². The molecule has 0 atom stereocenters. The van der Waals surface area contributed by atoms with Crippen LogP contribution in [0.5, 0.6) is 0 Å². The number of unbranched alkanes of at least 4 members (excludes halogenated alkanes) is 9. The van der Waals surface area contributed by atoms with Gasteiger partial charge in [0, 0.05) is 6.42 Å². The molecule has 106 valence electrons. The highest BCUT2D eigenvalue weighted by molar-refractivity contribution is 5.73. The van der Waals surface area contributed by atoms with E-state index in [4.69, 9.17) is 5.73 Å². The van der Waals surface area contributed by atoms with Crippen LogP contribution in [0.1, 0.15) is 84.0 Å². The van der Waals surface area contributed by atoms with Crippen LogP contribution in [0.15, 0.2) is 12.2 Å². The zero-order valence-corrected chi connectivity index (χ0v) is 12.1. The van der Waals surface area contributed by atoms with E-state index >= 15 is 0 Å². The predicted molar refractivity (Wildman–Crippen MR) is 79.4 cm³/mol. The van der Waals surface area contributed by atoms with Gasteiger partial charge in [-0.25, -0.2) is 0 Å². The Hall–Kier alpha value is -0.790. The average molecular weight is 253 g/mol. The molecule has 2 nitrogen and oxygen atoms in total. The number of primary amides is 1. The molecule has 2 N–H and O–H groups in total. The van der Waals surface area contributed by atoms with Gasteiger partial charge < -0.3 is 5.73 Å². The summed E-state index contributed by atoms with van der Waals surface area (Å²) < 4.78 is 0. The molecule has 0 radical (unpaired) electrons. The molecule has 2 heteroatoms. The first kappa shape index (κ1) is 17.2. The standard InChI is InChI=1S/C16H31NO/c1-2-3-4-5-6-7-8-9-10-11-12-13-14-15-16(17)18/h9-10H,2-8,11-15H2,1H3,(H2,17,18)/b10-9-. The lowest BCUT2D eigenvalue weighted by Crippen LogP contribution is -2.09. The van der Waals surface area contributed by atoms with Crippen LogP contribution in [0.2, 0.25) is 0 Å². The molecule has 0 aliphatic heterocycles. The van der Waals surface area contributed by atoms with E-state index in [1.807, 2.05) is 0 Å². The molecule has 0 aromatic carbocycles. The number of allylic oxidation sites excluding steroid dienone is 2. The SMILES string of the molecule is CCCCCCCC/C=C\CCCCCC(N)=O. The van der Waals surface area contributed by atoms with Crippen LogP contribution < -0.4 is 5.73 Å². The van der Waals surface area contributed by atoms with Crippen LogP contribution in [-0.2, 0) is 4.79 Å². The molecule has 0 saturated heterocycles. The molecule has 0 rings (SSSR count). The highest BCUT2D eigenvalue weighted by atomic mass is 16.1. The fraction of sp³-hybridized carbons (Fsp3) is 0.812. The Balaban J connectivity index is 3.07. The summed E-state index contributed by atoms with van der Waals surface area (Å²) in [4.78, 5) is 10.5. The van der Waals surface area contributed by atoms with Crippen LogP contribution in [0.25, 0.3) is 0 Å². The van der Waals surface area contributed by atoms with Crippen molar-refractivity contribution < 1.29 is 4.79 Å². The minimum absolute atomic E-state index is 0.173. The Bertz CT molecular complexity index is 211. The molecule has 0 unspecified atom stereocenters. The lowest BCUT2D eigenvalue weighted by atomic mass is 10.1. The quantitative estimate of drug-likeness (QED) is 0.374. The number of nitrogens with two attached hydrogens (primary N) is 1. The summed E-state index contributed by atoms with van der Waals surface area (Å²) in [5.41, 5.74) is 5.08. The van der Waals surface area contributed by atoms with Crippen molar-refractivity contribution >= 4 is 5.91 Å². The van der Waals surface area contributed by atoms with Gasteiger partial charge in [-0.3, -0.25) is 4.79 Å². The molecule has 0 aromatic rings.